The fourth-order valence-electron chi connectivity index (χ4n) is 5.37. The molecule has 0 aliphatic carbocycles. The molecule has 1 atom stereocenters. The molecule has 0 fully saturated rings. The van der Waals surface area contributed by atoms with Crippen LogP contribution < -0.4 is 4.74 Å². The van der Waals surface area contributed by atoms with Crippen LogP contribution in [-0.2, 0) is 11.2 Å². The molecule has 0 radical (unpaired) electrons. The van der Waals surface area contributed by atoms with Gasteiger partial charge in [0, 0.05) is 43.9 Å². The average molecular weight is 552 g/mol. The van der Waals surface area contributed by atoms with Gasteiger partial charge in [-0.05, 0) is 67.6 Å². The van der Waals surface area contributed by atoms with E-state index in [0.717, 1.165) is 35.7 Å². The number of hydrogen-bond acceptors (Lipinski definition) is 5. The maximum atomic E-state index is 14.2. The molecule has 0 unspecified atom stereocenters. The highest BCUT2D eigenvalue weighted by atomic mass is 16.5. The Labute approximate surface area is 241 Å². The van der Waals surface area contributed by atoms with Crippen molar-refractivity contribution in [3.05, 3.63) is 108 Å². The van der Waals surface area contributed by atoms with Crippen LogP contribution in [-0.4, -0.2) is 72.6 Å². The molecular weight excluding hydrogens is 514 g/mol. The van der Waals surface area contributed by atoms with Gasteiger partial charge in [-0.15, -0.1) is 0 Å². The van der Waals surface area contributed by atoms with Gasteiger partial charge in [-0.2, -0.15) is 0 Å². The van der Waals surface area contributed by atoms with E-state index in [2.05, 4.69) is 17.1 Å². The fourth-order valence-corrected chi connectivity index (χ4v) is 5.37. The van der Waals surface area contributed by atoms with Gasteiger partial charge in [-0.3, -0.25) is 14.6 Å². The minimum atomic E-state index is -0.233. The minimum absolute atomic E-state index is 0.0266. The Morgan fingerprint density at radius 2 is 1.76 bits per heavy atom. The summed E-state index contributed by atoms with van der Waals surface area (Å²) in [5, 5.41) is 0.934. The quantitative estimate of drug-likeness (QED) is 0.310. The number of carbonyl (C=O) groups is 2. The maximum Gasteiger partial charge on any atom is 0.257 e. The molecule has 0 bridgehead atoms. The minimum Gasteiger partial charge on any atom is -0.491 e. The second-order valence-corrected chi connectivity index (χ2v) is 10.4. The highest BCUT2D eigenvalue weighted by Crippen LogP contribution is 2.24. The molecule has 7 nitrogen and oxygen atoms in total. The lowest BCUT2D eigenvalue weighted by Crippen LogP contribution is -2.45. The number of methoxy groups -OCH3 is 1. The van der Waals surface area contributed by atoms with E-state index < -0.39 is 0 Å². The number of ether oxygens (including phenoxy) is 2. The van der Waals surface area contributed by atoms with Crippen LogP contribution in [0.4, 0.5) is 0 Å². The Morgan fingerprint density at radius 1 is 0.951 bits per heavy atom. The van der Waals surface area contributed by atoms with Crippen molar-refractivity contribution in [2.24, 2.45) is 0 Å². The fraction of sp³-hybridized carbons (Fsp3) is 0.324. The van der Waals surface area contributed by atoms with Gasteiger partial charge >= 0.3 is 0 Å². The average Bonchev–Trinajstić information content (AvgIpc) is 3.03. The van der Waals surface area contributed by atoms with Crippen molar-refractivity contribution in [3.8, 4) is 5.75 Å². The van der Waals surface area contributed by atoms with E-state index in [-0.39, 0.29) is 24.5 Å². The van der Waals surface area contributed by atoms with Gasteiger partial charge in [0.25, 0.3) is 11.8 Å². The van der Waals surface area contributed by atoms with Crippen molar-refractivity contribution in [2.45, 2.75) is 31.7 Å². The summed E-state index contributed by atoms with van der Waals surface area (Å²) in [6, 6.07) is 26.9. The van der Waals surface area contributed by atoms with Crippen molar-refractivity contribution in [1.82, 2.24) is 14.8 Å². The molecule has 212 valence electrons. The maximum absolute atomic E-state index is 14.2. The number of carbonyl (C=O) groups excluding carboxylic acids is 2. The summed E-state index contributed by atoms with van der Waals surface area (Å²) in [4.78, 5) is 36.0. The van der Waals surface area contributed by atoms with Crippen molar-refractivity contribution in [2.75, 3.05) is 40.0 Å². The van der Waals surface area contributed by atoms with Crippen molar-refractivity contribution < 1.29 is 19.1 Å². The summed E-state index contributed by atoms with van der Waals surface area (Å²) in [5.74, 6) is 0.442. The summed E-state index contributed by atoms with van der Waals surface area (Å²) in [7, 11) is 1.65. The molecule has 0 saturated heterocycles. The Morgan fingerprint density at radius 3 is 2.61 bits per heavy atom. The zero-order valence-electron chi connectivity index (χ0n) is 23.6. The summed E-state index contributed by atoms with van der Waals surface area (Å²) in [6.45, 7) is 2.46. The van der Waals surface area contributed by atoms with Gasteiger partial charge in [0.1, 0.15) is 12.4 Å². The summed E-state index contributed by atoms with van der Waals surface area (Å²) in [6.07, 6.45) is 4.95. The molecule has 5 rings (SSSR count). The van der Waals surface area contributed by atoms with Crippen LogP contribution in [0.5, 0.6) is 5.75 Å². The summed E-state index contributed by atoms with van der Waals surface area (Å²) >= 11 is 0. The third kappa shape index (κ3) is 7.11. The lowest BCUT2D eigenvalue weighted by atomic mass is 10.0. The number of amides is 2. The number of rotatable bonds is 6. The van der Waals surface area contributed by atoms with Gasteiger partial charge in [-0.25, -0.2) is 0 Å². The third-order valence-corrected chi connectivity index (χ3v) is 7.59. The number of hydrogen-bond donors (Lipinski definition) is 0. The number of pyridine rings is 1. The SMILES string of the molecule is COCCN1CCCCCN(C(=O)c2ccc3ncccc3c2)[C@@H](Cc2ccccc2)COc2ccccc2C1=O. The molecule has 41 heavy (non-hydrogen) atoms. The first kappa shape index (κ1) is 28.3. The number of aromatic nitrogens is 1. The van der Waals surface area contributed by atoms with Crippen LogP contribution in [0, 0.1) is 0 Å². The predicted octanol–water partition coefficient (Wildman–Crippen LogP) is 5.64. The molecule has 1 aliphatic heterocycles. The normalized spacial score (nSPS) is 16.7. The highest BCUT2D eigenvalue weighted by Gasteiger charge is 2.28. The first-order valence-electron chi connectivity index (χ1n) is 14.3. The van der Waals surface area contributed by atoms with Crippen molar-refractivity contribution >= 4 is 22.7 Å². The van der Waals surface area contributed by atoms with E-state index in [1.807, 2.05) is 82.6 Å². The Bertz CT molecular complexity index is 1460. The largest absolute Gasteiger partial charge is 0.491 e. The number of para-hydroxylation sites is 1. The molecule has 2 heterocycles. The number of benzene rings is 3. The summed E-state index contributed by atoms with van der Waals surface area (Å²) < 4.78 is 11.7. The van der Waals surface area contributed by atoms with Crippen molar-refractivity contribution in [3.63, 3.8) is 0 Å². The van der Waals surface area contributed by atoms with Crippen LogP contribution in [0.2, 0.25) is 0 Å². The van der Waals surface area contributed by atoms with Crippen LogP contribution >= 0.6 is 0 Å². The molecular formula is C34H37N3O4. The first-order valence-corrected chi connectivity index (χ1v) is 14.3. The zero-order valence-corrected chi connectivity index (χ0v) is 23.6. The standard InChI is InChI=1S/C34H37N3O4/c1-40-22-21-36-19-8-3-9-20-37(33(38)28-16-17-31-27(24-28)13-10-18-35-31)29(23-26-11-4-2-5-12-26)25-41-32-15-7-6-14-30(32)34(36)39/h2,4-7,10-18,24,29H,3,8-9,19-23,25H2,1H3/t29-/m0/s1. The van der Waals surface area contributed by atoms with Crippen LogP contribution in [0.3, 0.4) is 0 Å². The predicted molar refractivity (Wildman–Crippen MR) is 160 cm³/mol. The summed E-state index contributed by atoms with van der Waals surface area (Å²) in [5.41, 5.74) is 3.15. The van der Waals surface area contributed by atoms with E-state index in [9.17, 15) is 9.59 Å². The molecule has 0 N–H and O–H groups in total. The number of nitrogens with zero attached hydrogens (tertiary/aromatic N) is 3. The highest BCUT2D eigenvalue weighted by molar-refractivity contribution is 5.98. The van der Waals surface area contributed by atoms with E-state index in [4.69, 9.17) is 9.47 Å². The Kier molecular flexibility index (Phi) is 9.60. The Hall–Kier alpha value is -4.23. The third-order valence-electron chi connectivity index (χ3n) is 7.59. The van der Waals surface area contributed by atoms with Crippen LogP contribution in [0.1, 0.15) is 45.5 Å². The van der Waals surface area contributed by atoms with Gasteiger partial charge in [0.05, 0.1) is 23.7 Å². The number of fused-ring (bicyclic) bond motifs is 2. The Balaban J connectivity index is 1.49. The smallest absolute Gasteiger partial charge is 0.257 e. The molecule has 0 spiro atoms. The van der Waals surface area contributed by atoms with Crippen LogP contribution in [0.15, 0.2) is 91.1 Å². The molecule has 1 aliphatic rings. The molecule has 3 aromatic carbocycles. The van der Waals surface area contributed by atoms with E-state index in [1.165, 1.54) is 0 Å². The molecule has 4 aromatic rings. The zero-order chi connectivity index (χ0) is 28.4. The van der Waals surface area contributed by atoms with Gasteiger partial charge in [-0.1, -0.05) is 48.5 Å². The second-order valence-electron chi connectivity index (χ2n) is 10.4. The van der Waals surface area contributed by atoms with Crippen LogP contribution in [0.25, 0.3) is 10.9 Å². The topological polar surface area (TPSA) is 72.0 Å². The molecule has 0 saturated carbocycles. The van der Waals surface area contributed by atoms with E-state index >= 15 is 0 Å². The van der Waals surface area contributed by atoms with Crippen molar-refractivity contribution in [1.29, 1.82) is 0 Å². The molecule has 7 heteroatoms. The van der Waals surface area contributed by atoms with Gasteiger partial charge < -0.3 is 19.3 Å². The lowest BCUT2D eigenvalue weighted by molar-refractivity contribution is 0.0605. The first-order chi connectivity index (χ1) is 20.1. The lowest BCUT2D eigenvalue weighted by Gasteiger charge is -2.32. The van der Waals surface area contributed by atoms with Gasteiger partial charge in [0.15, 0.2) is 0 Å². The second kappa shape index (κ2) is 13.9. The molecule has 1 aromatic heterocycles. The monoisotopic (exact) mass is 551 g/mol. The van der Waals surface area contributed by atoms with E-state index in [0.29, 0.717) is 49.5 Å². The van der Waals surface area contributed by atoms with Gasteiger partial charge in [0.2, 0.25) is 0 Å². The van der Waals surface area contributed by atoms with E-state index in [1.54, 1.807) is 13.3 Å². The molecule has 2 amide bonds.